The van der Waals surface area contributed by atoms with Crippen molar-refractivity contribution in [1.29, 1.82) is 0 Å². The highest BCUT2D eigenvalue weighted by Gasteiger charge is 2.64. The largest absolute Gasteiger partial charge is 0.463 e. The first-order chi connectivity index (χ1) is 7.18. The molecule has 0 aromatic heterocycles. The van der Waals surface area contributed by atoms with Crippen LogP contribution in [0.5, 0.6) is 0 Å². The lowest BCUT2D eigenvalue weighted by Crippen LogP contribution is -2.52. The molecule has 0 spiro atoms. The van der Waals surface area contributed by atoms with Crippen molar-refractivity contribution in [3.63, 3.8) is 0 Å². The molecule has 1 amide bonds. The molecule has 0 N–H and O–H groups in total. The normalized spacial score (nSPS) is 12.4. The third kappa shape index (κ3) is 3.18. The van der Waals surface area contributed by atoms with Crippen molar-refractivity contribution in [3.05, 3.63) is 12.7 Å². The Morgan fingerprint density at radius 2 is 1.81 bits per heavy atom. The lowest BCUT2D eigenvalue weighted by molar-refractivity contribution is -0.274. The van der Waals surface area contributed by atoms with E-state index >= 15 is 0 Å². The third-order valence-electron chi connectivity index (χ3n) is 1.75. The Labute approximate surface area is 89.7 Å². The standard InChI is InChI=1S/C9H12F5NO/c1-3-5-15(6-4-2)7(16)8(10,11)9(12,13)14/h3H,1,4-6H2,2H3. The molecule has 0 atom stereocenters. The number of alkyl halides is 5. The summed E-state index contributed by atoms with van der Waals surface area (Å²) in [6.07, 6.45) is -4.48. The second kappa shape index (κ2) is 5.27. The second-order valence-electron chi connectivity index (χ2n) is 3.11. The summed E-state index contributed by atoms with van der Waals surface area (Å²) in [4.78, 5) is 11.4. The van der Waals surface area contributed by atoms with Gasteiger partial charge in [0.1, 0.15) is 0 Å². The van der Waals surface area contributed by atoms with Crippen LogP contribution in [0.15, 0.2) is 12.7 Å². The molecule has 0 aromatic carbocycles. The smallest absolute Gasteiger partial charge is 0.333 e. The molecule has 0 aromatic rings. The first kappa shape index (κ1) is 14.9. The van der Waals surface area contributed by atoms with E-state index in [0.29, 0.717) is 4.90 Å². The van der Waals surface area contributed by atoms with Crippen molar-refractivity contribution in [2.75, 3.05) is 13.1 Å². The van der Waals surface area contributed by atoms with Crippen molar-refractivity contribution in [1.82, 2.24) is 4.90 Å². The minimum atomic E-state index is -5.86. The van der Waals surface area contributed by atoms with Crippen molar-refractivity contribution < 1.29 is 26.7 Å². The van der Waals surface area contributed by atoms with Gasteiger partial charge in [-0.05, 0) is 6.42 Å². The van der Waals surface area contributed by atoms with Crippen molar-refractivity contribution >= 4 is 5.91 Å². The Balaban J connectivity index is 4.91. The summed E-state index contributed by atoms with van der Waals surface area (Å²) in [5.41, 5.74) is 0. The highest BCUT2D eigenvalue weighted by Crippen LogP contribution is 2.36. The van der Waals surface area contributed by atoms with Gasteiger partial charge in [0.2, 0.25) is 0 Å². The van der Waals surface area contributed by atoms with Gasteiger partial charge in [-0.3, -0.25) is 4.79 Å². The minimum absolute atomic E-state index is 0.170. The summed E-state index contributed by atoms with van der Waals surface area (Å²) in [6, 6.07) is 0. The predicted octanol–water partition coefficient (Wildman–Crippen LogP) is 2.61. The number of carbonyl (C=O) groups excluding carboxylic acids is 1. The molecule has 0 unspecified atom stereocenters. The van der Waals surface area contributed by atoms with Gasteiger partial charge >= 0.3 is 18.0 Å². The van der Waals surface area contributed by atoms with Crippen LogP contribution < -0.4 is 0 Å². The number of amides is 1. The summed E-state index contributed by atoms with van der Waals surface area (Å²) in [5, 5.41) is 0. The summed E-state index contributed by atoms with van der Waals surface area (Å²) in [6.45, 7) is 4.25. The van der Waals surface area contributed by atoms with Crippen LogP contribution in [0.1, 0.15) is 13.3 Å². The number of halogens is 5. The second-order valence-corrected chi connectivity index (χ2v) is 3.11. The number of rotatable bonds is 5. The molecule has 0 aliphatic heterocycles. The fourth-order valence-corrected chi connectivity index (χ4v) is 1.02. The van der Waals surface area contributed by atoms with Crippen LogP contribution in [0.25, 0.3) is 0 Å². The van der Waals surface area contributed by atoms with E-state index < -0.39 is 18.0 Å². The zero-order valence-electron chi connectivity index (χ0n) is 8.65. The third-order valence-corrected chi connectivity index (χ3v) is 1.75. The van der Waals surface area contributed by atoms with Gasteiger partial charge in [-0.25, -0.2) is 0 Å². The van der Waals surface area contributed by atoms with Gasteiger partial charge < -0.3 is 4.90 Å². The fraction of sp³-hybridized carbons (Fsp3) is 0.667. The highest BCUT2D eigenvalue weighted by molar-refractivity contribution is 5.84. The van der Waals surface area contributed by atoms with E-state index in [0.717, 1.165) is 6.08 Å². The van der Waals surface area contributed by atoms with Crippen LogP contribution in [0.2, 0.25) is 0 Å². The monoisotopic (exact) mass is 245 g/mol. The number of hydrogen-bond donors (Lipinski definition) is 0. The quantitative estimate of drug-likeness (QED) is 0.538. The Morgan fingerprint density at radius 1 is 1.31 bits per heavy atom. The summed E-state index contributed by atoms with van der Waals surface area (Å²) < 4.78 is 61.0. The SMILES string of the molecule is C=CCN(CCC)C(=O)C(F)(F)C(F)(F)F. The van der Waals surface area contributed by atoms with Gasteiger partial charge in [0.15, 0.2) is 0 Å². The molecule has 0 bridgehead atoms. The summed E-state index contributed by atoms with van der Waals surface area (Å²) >= 11 is 0. The van der Waals surface area contributed by atoms with Crippen LogP contribution in [-0.2, 0) is 4.79 Å². The number of nitrogens with zero attached hydrogens (tertiary/aromatic N) is 1. The Hall–Kier alpha value is -1.14. The van der Waals surface area contributed by atoms with E-state index in [1.807, 2.05) is 0 Å². The van der Waals surface area contributed by atoms with E-state index in [2.05, 4.69) is 6.58 Å². The van der Waals surface area contributed by atoms with Crippen LogP contribution >= 0.6 is 0 Å². The van der Waals surface area contributed by atoms with E-state index in [1.165, 1.54) is 0 Å². The molecular weight excluding hydrogens is 233 g/mol. The summed E-state index contributed by atoms with van der Waals surface area (Å²) in [7, 11) is 0. The minimum Gasteiger partial charge on any atom is -0.333 e. The van der Waals surface area contributed by atoms with Crippen LogP contribution in [0.4, 0.5) is 22.0 Å². The van der Waals surface area contributed by atoms with Gasteiger partial charge in [-0.15, -0.1) is 6.58 Å². The van der Waals surface area contributed by atoms with Gasteiger partial charge in [-0.2, -0.15) is 22.0 Å². The van der Waals surface area contributed by atoms with Crippen molar-refractivity contribution in [3.8, 4) is 0 Å². The predicted molar refractivity (Wildman–Crippen MR) is 48.1 cm³/mol. The van der Waals surface area contributed by atoms with Gasteiger partial charge in [0.25, 0.3) is 0 Å². The lowest BCUT2D eigenvalue weighted by Gasteiger charge is -2.26. The van der Waals surface area contributed by atoms with Crippen molar-refractivity contribution in [2.45, 2.75) is 25.4 Å². The van der Waals surface area contributed by atoms with Gasteiger partial charge in [0, 0.05) is 13.1 Å². The Kier molecular flexibility index (Phi) is 4.89. The fourth-order valence-electron chi connectivity index (χ4n) is 1.02. The highest BCUT2D eigenvalue weighted by atomic mass is 19.4. The molecule has 7 heteroatoms. The molecular formula is C9H12F5NO. The summed E-state index contributed by atoms with van der Waals surface area (Å²) in [5.74, 6) is -7.58. The number of carbonyl (C=O) groups is 1. The molecule has 0 saturated heterocycles. The molecule has 0 saturated carbocycles. The average molecular weight is 245 g/mol. The molecule has 0 fully saturated rings. The van der Waals surface area contributed by atoms with E-state index in [1.54, 1.807) is 6.92 Å². The van der Waals surface area contributed by atoms with Crippen LogP contribution in [-0.4, -0.2) is 36.0 Å². The molecule has 0 heterocycles. The van der Waals surface area contributed by atoms with E-state index in [-0.39, 0.29) is 19.5 Å². The topological polar surface area (TPSA) is 20.3 Å². The molecule has 16 heavy (non-hydrogen) atoms. The van der Waals surface area contributed by atoms with Crippen LogP contribution in [0.3, 0.4) is 0 Å². The van der Waals surface area contributed by atoms with Crippen LogP contribution in [0, 0.1) is 0 Å². The molecule has 0 rings (SSSR count). The molecule has 2 nitrogen and oxygen atoms in total. The van der Waals surface area contributed by atoms with E-state index in [4.69, 9.17) is 0 Å². The average Bonchev–Trinajstić information content (AvgIpc) is 2.14. The maximum absolute atomic E-state index is 12.7. The zero-order chi connectivity index (χ0) is 13.0. The van der Waals surface area contributed by atoms with Gasteiger partial charge in [0.05, 0.1) is 0 Å². The molecule has 0 radical (unpaired) electrons. The zero-order valence-corrected chi connectivity index (χ0v) is 8.65. The maximum atomic E-state index is 12.7. The van der Waals surface area contributed by atoms with Crippen molar-refractivity contribution in [2.24, 2.45) is 0 Å². The molecule has 0 aliphatic carbocycles. The van der Waals surface area contributed by atoms with Gasteiger partial charge in [-0.1, -0.05) is 13.0 Å². The first-order valence-electron chi connectivity index (χ1n) is 4.53. The number of hydrogen-bond acceptors (Lipinski definition) is 1. The Bertz CT molecular complexity index is 261. The maximum Gasteiger partial charge on any atom is 0.463 e. The molecule has 94 valence electrons. The molecule has 0 aliphatic rings. The Morgan fingerprint density at radius 3 is 2.12 bits per heavy atom. The van der Waals surface area contributed by atoms with E-state index in [9.17, 15) is 26.7 Å². The first-order valence-corrected chi connectivity index (χ1v) is 4.53. The lowest BCUT2D eigenvalue weighted by atomic mass is 10.2.